The standard InChI is InChI=1S/C19H20IN3O/c20-13-3-1-2-4-14-24-19-11-9-18(10-12-19)23-22-17-7-5-16(15-21)6-8-17/h5-12H,1-4,13-14H2. The summed E-state index contributed by atoms with van der Waals surface area (Å²) in [6.45, 7) is 0.757. The van der Waals surface area contributed by atoms with Crippen molar-refractivity contribution in [2.75, 3.05) is 11.0 Å². The summed E-state index contributed by atoms with van der Waals surface area (Å²) in [5, 5.41) is 17.1. The molecule has 0 unspecified atom stereocenters. The minimum Gasteiger partial charge on any atom is -0.494 e. The van der Waals surface area contributed by atoms with Crippen LogP contribution < -0.4 is 4.74 Å². The molecule has 0 aliphatic rings. The summed E-state index contributed by atoms with van der Waals surface area (Å²) in [7, 11) is 0. The first-order valence-corrected chi connectivity index (χ1v) is 9.55. The number of azo groups is 1. The fraction of sp³-hybridized carbons (Fsp3) is 0.316. The first-order valence-electron chi connectivity index (χ1n) is 8.02. The van der Waals surface area contributed by atoms with Crippen LogP contribution in [-0.4, -0.2) is 11.0 Å². The van der Waals surface area contributed by atoms with Gasteiger partial charge in [-0.15, -0.1) is 0 Å². The van der Waals surface area contributed by atoms with Gasteiger partial charge in [-0.1, -0.05) is 35.4 Å². The number of alkyl halides is 1. The van der Waals surface area contributed by atoms with E-state index in [2.05, 4.69) is 38.9 Å². The molecule has 0 radical (unpaired) electrons. The van der Waals surface area contributed by atoms with Gasteiger partial charge in [-0.25, -0.2) is 0 Å². The average Bonchev–Trinajstić information content (AvgIpc) is 2.64. The highest BCUT2D eigenvalue weighted by Crippen LogP contribution is 2.21. The van der Waals surface area contributed by atoms with Crippen LogP contribution in [0.4, 0.5) is 11.4 Å². The lowest BCUT2D eigenvalue weighted by Gasteiger charge is -2.05. The van der Waals surface area contributed by atoms with Gasteiger partial charge in [0.15, 0.2) is 0 Å². The Bertz CT molecular complexity index is 675. The number of nitriles is 1. The fourth-order valence-corrected chi connectivity index (χ4v) is 2.61. The zero-order valence-corrected chi connectivity index (χ0v) is 15.6. The molecule has 0 aliphatic heterocycles. The number of nitrogens with zero attached hydrogens (tertiary/aromatic N) is 3. The number of rotatable bonds is 9. The maximum absolute atomic E-state index is 8.76. The zero-order chi connectivity index (χ0) is 17.0. The molecule has 0 fully saturated rings. The first-order chi connectivity index (χ1) is 11.8. The predicted molar refractivity (Wildman–Crippen MR) is 105 cm³/mol. The van der Waals surface area contributed by atoms with Gasteiger partial charge in [-0.05, 0) is 65.8 Å². The molecule has 0 saturated heterocycles. The van der Waals surface area contributed by atoms with Crippen LogP contribution in [0.5, 0.6) is 5.75 Å². The van der Waals surface area contributed by atoms with Crippen molar-refractivity contribution in [3.63, 3.8) is 0 Å². The Hall–Kier alpha value is -1.94. The molecule has 0 saturated carbocycles. The van der Waals surface area contributed by atoms with Gasteiger partial charge < -0.3 is 4.74 Å². The second-order valence-corrected chi connectivity index (χ2v) is 6.38. The van der Waals surface area contributed by atoms with Gasteiger partial charge in [0.05, 0.1) is 29.6 Å². The molecule has 0 aliphatic carbocycles. The first kappa shape index (κ1) is 18.4. The molecular formula is C19H20IN3O. The molecule has 2 aromatic rings. The minimum absolute atomic E-state index is 0.616. The van der Waals surface area contributed by atoms with Crippen molar-refractivity contribution < 1.29 is 4.74 Å². The van der Waals surface area contributed by atoms with E-state index < -0.39 is 0 Å². The van der Waals surface area contributed by atoms with Crippen LogP contribution in [0.1, 0.15) is 31.2 Å². The second-order valence-electron chi connectivity index (χ2n) is 5.30. The quantitative estimate of drug-likeness (QED) is 0.200. The van der Waals surface area contributed by atoms with Crippen LogP contribution in [0.25, 0.3) is 0 Å². The van der Waals surface area contributed by atoms with Crippen molar-refractivity contribution in [1.82, 2.24) is 0 Å². The molecule has 0 amide bonds. The number of hydrogen-bond donors (Lipinski definition) is 0. The molecule has 5 heteroatoms. The van der Waals surface area contributed by atoms with Gasteiger partial charge in [-0.3, -0.25) is 0 Å². The van der Waals surface area contributed by atoms with Crippen LogP contribution in [0.15, 0.2) is 58.8 Å². The third-order valence-corrected chi connectivity index (χ3v) is 4.17. The summed E-state index contributed by atoms with van der Waals surface area (Å²) in [6.07, 6.45) is 4.89. The van der Waals surface area contributed by atoms with E-state index in [4.69, 9.17) is 10.00 Å². The predicted octanol–water partition coefficient (Wildman–Crippen LogP) is 6.35. The number of ether oxygens (including phenoxy) is 1. The van der Waals surface area contributed by atoms with Gasteiger partial charge in [0.25, 0.3) is 0 Å². The Balaban J connectivity index is 1.78. The van der Waals surface area contributed by atoms with Crippen LogP contribution in [-0.2, 0) is 0 Å². The summed E-state index contributed by atoms with van der Waals surface area (Å²) in [4.78, 5) is 0. The molecule has 0 bridgehead atoms. The lowest BCUT2D eigenvalue weighted by molar-refractivity contribution is 0.305. The van der Waals surface area contributed by atoms with Gasteiger partial charge in [0.1, 0.15) is 5.75 Å². The molecule has 4 nitrogen and oxygen atoms in total. The average molecular weight is 433 g/mol. The molecule has 0 heterocycles. The molecule has 124 valence electrons. The van der Waals surface area contributed by atoms with Crippen LogP contribution in [0.3, 0.4) is 0 Å². The lowest BCUT2D eigenvalue weighted by atomic mass is 10.2. The van der Waals surface area contributed by atoms with Gasteiger partial charge >= 0.3 is 0 Å². The summed E-state index contributed by atoms with van der Waals surface area (Å²) in [5.41, 5.74) is 2.11. The molecule has 2 rings (SSSR count). The Morgan fingerprint density at radius 1 is 0.833 bits per heavy atom. The van der Waals surface area contributed by atoms with E-state index in [0.717, 1.165) is 30.2 Å². The molecular weight excluding hydrogens is 413 g/mol. The van der Waals surface area contributed by atoms with Crippen LogP contribution in [0, 0.1) is 11.3 Å². The van der Waals surface area contributed by atoms with E-state index in [0.29, 0.717) is 5.56 Å². The van der Waals surface area contributed by atoms with Gasteiger partial charge in [0, 0.05) is 0 Å². The maximum atomic E-state index is 8.76. The summed E-state index contributed by atoms with van der Waals surface area (Å²) >= 11 is 2.41. The monoisotopic (exact) mass is 433 g/mol. The molecule has 0 N–H and O–H groups in total. The van der Waals surface area contributed by atoms with Crippen molar-refractivity contribution in [2.45, 2.75) is 25.7 Å². The van der Waals surface area contributed by atoms with E-state index in [1.807, 2.05) is 24.3 Å². The topological polar surface area (TPSA) is 57.7 Å². The lowest BCUT2D eigenvalue weighted by Crippen LogP contribution is -1.96. The Morgan fingerprint density at radius 3 is 2.00 bits per heavy atom. The molecule has 2 aromatic carbocycles. The highest BCUT2D eigenvalue weighted by atomic mass is 127. The van der Waals surface area contributed by atoms with E-state index in [9.17, 15) is 0 Å². The van der Waals surface area contributed by atoms with E-state index >= 15 is 0 Å². The third-order valence-electron chi connectivity index (χ3n) is 3.41. The number of benzene rings is 2. The highest BCUT2D eigenvalue weighted by Gasteiger charge is 1.96. The molecule has 0 spiro atoms. The van der Waals surface area contributed by atoms with Crippen molar-refractivity contribution in [2.24, 2.45) is 10.2 Å². The third kappa shape index (κ3) is 6.67. The molecule has 0 aromatic heterocycles. The molecule has 0 atom stereocenters. The molecule has 24 heavy (non-hydrogen) atoms. The number of unbranched alkanes of at least 4 members (excludes halogenated alkanes) is 3. The van der Waals surface area contributed by atoms with Gasteiger partial charge in [0.2, 0.25) is 0 Å². The van der Waals surface area contributed by atoms with Crippen LogP contribution in [0.2, 0.25) is 0 Å². The Labute approximate surface area is 156 Å². The van der Waals surface area contributed by atoms with Crippen molar-refractivity contribution in [1.29, 1.82) is 5.26 Å². The SMILES string of the molecule is N#Cc1ccc(N=Nc2ccc(OCCCCCCI)cc2)cc1. The van der Waals surface area contributed by atoms with Gasteiger partial charge in [-0.2, -0.15) is 15.5 Å². The second kappa shape index (κ2) is 10.8. The maximum Gasteiger partial charge on any atom is 0.119 e. The fourth-order valence-electron chi connectivity index (χ4n) is 2.07. The largest absolute Gasteiger partial charge is 0.494 e. The zero-order valence-electron chi connectivity index (χ0n) is 13.5. The highest BCUT2D eigenvalue weighted by molar-refractivity contribution is 14.1. The normalized spacial score (nSPS) is 10.7. The van der Waals surface area contributed by atoms with E-state index in [-0.39, 0.29) is 0 Å². The van der Waals surface area contributed by atoms with Crippen LogP contribution >= 0.6 is 22.6 Å². The Morgan fingerprint density at radius 2 is 1.42 bits per heavy atom. The van der Waals surface area contributed by atoms with Crippen molar-refractivity contribution in [3.05, 3.63) is 54.1 Å². The minimum atomic E-state index is 0.616. The van der Waals surface area contributed by atoms with E-state index in [1.165, 1.54) is 23.7 Å². The smallest absolute Gasteiger partial charge is 0.119 e. The summed E-state index contributed by atoms with van der Waals surface area (Å²) in [6, 6.07) is 16.7. The number of halogens is 1. The summed E-state index contributed by atoms with van der Waals surface area (Å²) < 4.78 is 6.96. The Kier molecular flexibility index (Phi) is 8.25. The summed E-state index contributed by atoms with van der Waals surface area (Å²) in [5.74, 6) is 0.862. The number of hydrogen-bond acceptors (Lipinski definition) is 4. The van der Waals surface area contributed by atoms with Crippen molar-refractivity contribution in [3.8, 4) is 11.8 Å². The van der Waals surface area contributed by atoms with E-state index in [1.54, 1.807) is 24.3 Å². The van der Waals surface area contributed by atoms with Crippen molar-refractivity contribution >= 4 is 34.0 Å².